The summed E-state index contributed by atoms with van der Waals surface area (Å²) in [7, 11) is 0. The van der Waals surface area contributed by atoms with Crippen LogP contribution < -0.4 is 16.4 Å². The molecule has 3 amide bonds. The zero-order valence-electron chi connectivity index (χ0n) is 11.5. The molecule has 6 nitrogen and oxygen atoms in total. The van der Waals surface area contributed by atoms with Gasteiger partial charge in [-0.15, -0.1) is 0 Å². The minimum absolute atomic E-state index is 0.295. The lowest BCUT2D eigenvalue weighted by Crippen LogP contribution is -2.52. The maximum atomic E-state index is 11.7. The number of nitrogens with one attached hydrogen (secondary N) is 2. The number of urea groups is 1. The molecule has 1 aliphatic carbocycles. The van der Waals surface area contributed by atoms with Gasteiger partial charge in [-0.05, 0) is 45.1 Å². The molecule has 0 spiro atoms. The molecular weight excluding hydrogens is 244 g/mol. The average molecular weight is 268 g/mol. The van der Waals surface area contributed by atoms with Gasteiger partial charge in [0.05, 0.1) is 6.04 Å². The number of rotatable bonds is 5. The van der Waals surface area contributed by atoms with E-state index in [2.05, 4.69) is 15.5 Å². The fourth-order valence-corrected chi connectivity index (χ4v) is 2.54. The third-order valence-electron chi connectivity index (χ3n) is 4.10. The van der Waals surface area contributed by atoms with Crippen LogP contribution in [0.2, 0.25) is 0 Å². The van der Waals surface area contributed by atoms with Crippen LogP contribution in [0.25, 0.3) is 0 Å². The highest BCUT2D eigenvalue weighted by atomic mass is 16.2. The number of piperidine rings is 1. The van der Waals surface area contributed by atoms with Crippen molar-refractivity contribution in [1.29, 1.82) is 0 Å². The molecule has 2 rings (SSSR count). The Bertz CT molecular complexity index is 336. The second-order valence-electron chi connectivity index (χ2n) is 5.69. The Balaban J connectivity index is 1.69. The molecule has 0 aromatic heterocycles. The van der Waals surface area contributed by atoms with Crippen molar-refractivity contribution in [2.45, 2.75) is 44.7 Å². The monoisotopic (exact) mass is 268 g/mol. The fraction of sp³-hybridized carbons (Fsp3) is 0.846. The Hall–Kier alpha value is -1.14. The van der Waals surface area contributed by atoms with Gasteiger partial charge < -0.3 is 11.1 Å². The molecule has 0 bridgehead atoms. The SMILES string of the molecule is CC(C(=O)NC(N)=O)N1CCC(NCC2CC2)CC1. The van der Waals surface area contributed by atoms with Gasteiger partial charge in [-0.25, -0.2) is 4.79 Å². The lowest BCUT2D eigenvalue weighted by atomic mass is 10.0. The van der Waals surface area contributed by atoms with E-state index in [-0.39, 0.29) is 11.9 Å². The van der Waals surface area contributed by atoms with E-state index in [0.717, 1.165) is 38.4 Å². The molecule has 1 saturated carbocycles. The van der Waals surface area contributed by atoms with Crippen molar-refractivity contribution in [3.8, 4) is 0 Å². The topological polar surface area (TPSA) is 87.5 Å². The highest BCUT2D eigenvalue weighted by Gasteiger charge is 2.28. The Morgan fingerprint density at radius 3 is 2.42 bits per heavy atom. The Labute approximate surface area is 114 Å². The number of hydrogen-bond acceptors (Lipinski definition) is 4. The fourth-order valence-electron chi connectivity index (χ4n) is 2.54. The summed E-state index contributed by atoms with van der Waals surface area (Å²) in [5.74, 6) is 0.593. The molecule has 0 aromatic rings. The molecule has 1 aliphatic heterocycles. The van der Waals surface area contributed by atoms with Crippen molar-refractivity contribution in [2.24, 2.45) is 11.7 Å². The first kappa shape index (κ1) is 14.3. The molecule has 1 atom stereocenters. The van der Waals surface area contributed by atoms with Crippen LogP contribution in [-0.4, -0.2) is 48.6 Å². The minimum atomic E-state index is -0.780. The number of nitrogens with two attached hydrogens (primary N) is 1. The van der Waals surface area contributed by atoms with Gasteiger partial charge in [0, 0.05) is 19.1 Å². The standard InChI is InChI=1S/C13H24N4O2/c1-9(12(18)16-13(14)19)17-6-4-11(5-7-17)15-8-10-2-3-10/h9-11,15H,2-8H2,1H3,(H3,14,16,18,19). The van der Waals surface area contributed by atoms with Crippen molar-refractivity contribution >= 4 is 11.9 Å². The van der Waals surface area contributed by atoms with Gasteiger partial charge in [0.25, 0.3) is 0 Å². The lowest BCUT2D eigenvalue weighted by Gasteiger charge is -2.35. The minimum Gasteiger partial charge on any atom is -0.351 e. The van der Waals surface area contributed by atoms with Crippen LogP contribution in [0.5, 0.6) is 0 Å². The second-order valence-corrected chi connectivity index (χ2v) is 5.69. The van der Waals surface area contributed by atoms with Gasteiger partial charge in [0.2, 0.25) is 5.91 Å². The van der Waals surface area contributed by atoms with Gasteiger partial charge >= 0.3 is 6.03 Å². The zero-order valence-corrected chi connectivity index (χ0v) is 11.5. The van der Waals surface area contributed by atoms with Crippen LogP contribution in [0.1, 0.15) is 32.6 Å². The molecular formula is C13H24N4O2. The normalized spacial score (nSPS) is 23.0. The maximum Gasteiger partial charge on any atom is 0.318 e. The average Bonchev–Trinajstić information content (AvgIpc) is 3.19. The van der Waals surface area contributed by atoms with Gasteiger partial charge in [-0.3, -0.25) is 15.0 Å². The summed E-state index contributed by atoms with van der Waals surface area (Å²) < 4.78 is 0. The van der Waals surface area contributed by atoms with E-state index < -0.39 is 6.03 Å². The van der Waals surface area contributed by atoms with Crippen LogP contribution in [0, 0.1) is 5.92 Å². The summed E-state index contributed by atoms with van der Waals surface area (Å²) in [5, 5.41) is 5.75. The summed E-state index contributed by atoms with van der Waals surface area (Å²) >= 11 is 0. The van der Waals surface area contributed by atoms with Crippen LogP contribution in [0.3, 0.4) is 0 Å². The van der Waals surface area contributed by atoms with E-state index in [1.54, 1.807) is 0 Å². The molecule has 0 radical (unpaired) electrons. The first-order valence-electron chi connectivity index (χ1n) is 7.14. The van der Waals surface area contributed by atoms with Crippen LogP contribution in [0.4, 0.5) is 4.79 Å². The number of likely N-dealkylation sites (tertiary alicyclic amines) is 1. The largest absolute Gasteiger partial charge is 0.351 e. The third-order valence-corrected chi connectivity index (χ3v) is 4.10. The van der Waals surface area contributed by atoms with Crippen molar-refractivity contribution < 1.29 is 9.59 Å². The second kappa shape index (κ2) is 6.34. The van der Waals surface area contributed by atoms with E-state index in [0.29, 0.717) is 6.04 Å². The van der Waals surface area contributed by atoms with E-state index in [1.807, 2.05) is 6.92 Å². The number of imide groups is 1. The molecule has 2 aliphatic rings. The molecule has 108 valence electrons. The van der Waals surface area contributed by atoms with Crippen LogP contribution in [-0.2, 0) is 4.79 Å². The van der Waals surface area contributed by atoms with E-state index in [9.17, 15) is 9.59 Å². The molecule has 1 heterocycles. The van der Waals surface area contributed by atoms with E-state index in [4.69, 9.17) is 5.73 Å². The predicted octanol–water partition coefficient (Wildman–Crippen LogP) is 0.0338. The molecule has 6 heteroatoms. The number of carbonyl (C=O) groups excluding carboxylic acids is 2. The smallest absolute Gasteiger partial charge is 0.318 e. The van der Waals surface area contributed by atoms with Gasteiger partial charge in [0.1, 0.15) is 0 Å². The highest BCUT2D eigenvalue weighted by molar-refractivity contribution is 5.96. The van der Waals surface area contributed by atoms with Crippen LogP contribution in [0.15, 0.2) is 0 Å². The third kappa shape index (κ3) is 4.47. The first-order valence-corrected chi connectivity index (χ1v) is 7.14. The molecule has 1 unspecified atom stereocenters. The van der Waals surface area contributed by atoms with Gasteiger partial charge in [-0.2, -0.15) is 0 Å². The number of nitrogens with zero attached hydrogens (tertiary/aromatic N) is 1. The van der Waals surface area contributed by atoms with E-state index >= 15 is 0 Å². The maximum absolute atomic E-state index is 11.7. The molecule has 2 fully saturated rings. The first-order chi connectivity index (χ1) is 9.06. The quantitative estimate of drug-likeness (QED) is 0.656. The van der Waals surface area contributed by atoms with Crippen molar-refractivity contribution in [2.75, 3.05) is 19.6 Å². The zero-order chi connectivity index (χ0) is 13.8. The Kier molecular flexibility index (Phi) is 4.76. The summed E-state index contributed by atoms with van der Waals surface area (Å²) in [5.41, 5.74) is 4.96. The predicted molar refractivity (Wildman–Crippen MR) is 72.5 cm³/mol. The van der Waals surface area contributed by atoms with Crippen molar-refractivity contribution in [3.63, 3.8) is 0 Å². The van der Waals surface area contributed by atoms with Crippen LogP contribution >= 0.6 is 0 Å². The Morgan fingerprint density at radius 1 is 1.26 bits per heavy atom. The molecule has 0 aromatic carbocycles. The number of carbonyl (C=O) groups is 2. The summed E-state index contributed by atoms with van der Waals surface area (Å²) in [4.78, 5) is 24.5. The number of hydrogen-bond donors (Lipinski definition) is 3. The number of primary amides is 1. The highest BCUT2D eigenvalue weighted by Crippen LogP contribution is 2.28. The van der Waals surface area contributed by atoms with Crippen molar-refractivity contribution in [1.82, 2.24) is 15.5 Å². The Morgan fingerprint density at radius 2 is 1.89 bits per heavy atom. The summed E-state index contributed by atoms with van der Waals surface area (Å²) in [6.45, 7) is 4.73. The summed E-state index contributed by atoms with van der Waals surface area (Å²) in [6, 6.07) is -0.502. The van der Waals surface area contributed by atoms with E-state index in [1.165, 1.54) is 12.8 Å². The van der Waals surface area contributed by atoms with Gasteiger partial charge in [0.15, 0.2) is 0 Å². The molecule has 1 saturated heterocycles. The summed E-state index contributed by atoms with van der Waals surface area (Å²) in [6.07, 6.45) is 4.86. The van der Waals surface area contributed by atoms with Gasteiger partial charge in [-0.1, -0.05) is 0 Å². The molecule has 19 heavy (non-hydrogen) atoms. The lowest BCUT2D eigenvalue weighted by molar-refractivity contribution is -0.125. The number of amides is 3. The molecule has 4 N–H and O–H groups in total. The van der Waals surface area contributed by atoms with Crippen molar-refractivity contribution in [3.05, 3.63) is 0 Å².